The lowest BCUT2D eigenvalue weighted by atomic mass is 9.98. The Kier molecular flexibility index (Phi) is 8.09. The molecule has 0 bridgehead atoms. The van der Waals surface area contributed by atoms with Crippen LogP contribution in [0.15, 0.2) is 59.9 Å². The van der Waals surface area contributed by atoms with Crippen LogP contribution in [0.5, 0.6) is 0 Å². The smallest absolute Gasteiger partial charge is 0.303 e. The summed E-state index contributed by atoms with van der Waals surface area (Å²) in [5.41, 5.74) is 4.98. The third-order valence-electron chi connectivity index (χ3n) is 6.01. The molecular weight excluding hydrogens is 402 g/mol. The summed E-state index contributed by atoms with van der Waals surface area (Å²) in [4.78, 5) is 23.6. The van der Waals surface area contributed by atoms with E-state index in [9.17, 15) is 9.59 Å². The lowest BCUT2D eigenvalue weighted by molar-refractivity contribution is -0.137. The van der Waals surface area contributed by atoms with Crippen LogP contribution < -0.4 is 0 Å². The molecule has 0 saturated heterocycles. The summed E-state index contributed by atoms with van der Waals surface area (Å²) in [6.45, 7) is 4.90. The second-order valence-electron chi connectivity index (χ2n) is 8.71. The number of hydrogen-bond donors (Lipinski definition) is 1. The van der Waals surface area contributed by atoms with Gasteiger partial charge in [-0.2, -0.15) is 0 Å². The maximum absolute atomic E-state index is 13.0. The number of unbranched alkanes of at least 4 members (excludes halogenated alkanes) is 1. The van der Waals surface area contributed by atoms with Gasteiger partial charge in [-0.05, 0) is 60.9 Å². The molecule has 3 rings (SSSR count). The van der Waals surface area contributed by atoms with Crippen LogP contribution >= 0.6 is 0 Å². The predicted octanol–water partition coefficient (Wildman–Crippen LogP) is 5.95. The van der Waals surface area contributed by atoms with E-state index in [0.29, 0.717) is 37.5 Å². The fourth-order valence-corrected chi connectivity index (χ4v) is 3.88. The molecule has 170 valence electrons. The van der Waals surface area contributed by atoms with Gasteiger partial charge in [0.05, 0.1) is 11.5 Å². The number of hydrogen-bond acceptors (Lipinski definition) is 3. The number of aliphatic carboxylic acids is 1. The molecule has 0 atom stereocenters. The van der Waals surface area contributed by atoms with Crippen LogP contribution in [0.3, 0.4) is 0 Å². The molecule has 5 nitrogen and oxygen atoms in total. The van der Waals surface area contributed by atoms with Crippen molar-refractivity contribution in [1.82, 2.24) is 4.57 Å². The first kappa shape index (κ1) is 23.6. The van der Waals surface area contributed by atoms with Gasteiger partial charge in [0.25, 0.3) is 0 Å². The maximum atomic E-state index is 13.0. The van der Waals surface area contributed by atoms with Gasteiger partial charge in [0, 0.05) is 31.2 Å². The van der Waals surface area contributed by atoms with E-state index in [0.717, 1.165) is 35.4 Å². The van der Waals surface area contributed by atoms with Crippen LogP contribution in [0.25, 0.3) is 0 Å². The third-order valence-corrected chi connectivity index (χ3v) is 6.01. The summed E-state index contributed by atoms with van der Waals surface area (Å²) in [6.07, 6.45) is 7.56. The Balaban J connectivity index is 1.55. The number of carboxylic acid groups (broad SMARTS) is 1. The number of ketones is 1. The van der Waals surface area contributed by atoms with Gasteiger partial charge in [-0.3, -0.25) is 9.59 Å². The Morgan fingerprint density at radius 3 is 2.41 bits per heavy atom. The summed E-state index contributed by atoms with van der Waals surface area (Å²) in [5.74, 6) is 0.700. The van der Waals surface area contributed by atoms with Gasteiger partial charge in [-0.15, -0.1) is 0 Å². The van der Waals surface area contributed by atoms with Gasteiger partial charge >= 0.3 is 5.97 Å². The number of nitrogens with zero attached hydrogens (tertiary/aromatic N) is 1. The molecule has 2 aromatic rings. The molecule has 1 aromatic heterocycles. The molecule has 0 amide bonds. The number of ether oxygens (including phenoxy) is 1. The molecule has 1 aliphatic carbocycles. The van der Waals surface area contributed by atoms with Crippen molar-refractivity contribution in [2.75, 3.05) is 0 Å². The molecule has 0 aliphatic heterocycles. The Labute approximate surface area is 190 Å². The minimum absolute atomic E-state index is 0.0452. The average Bonchev–Trinajstić information content (AvgIpc) is 3.15. The number of aromatic nitrogens is 1. The molecule has 1 heterocycles. The zero-order chi connectivity index (χ0) is 23.1. The van der Waals surface area contributed by atoms with Gasteiger partial charge in [0.1, 0.15) is 6.61 Å². The summed E-state index contributed by atoms with van der Waals surface area (Å²) in [5, 5.41) is 8.75. The van der Waals surface area contributed by atoms with Crippen molar-refractivity contribution in [3.8, 4) is 0 Å². The van der Waals surface area contributed by atoms with Gasteiger partial charge in [-0.1, -0.05) is 44.2 Å². The van der Waals surface area contributed by atoms with E-state index in [1.807, 2.05) is 35.9 Å². The van der Waals surface area contributed by atoms with Gasteiger partial charge < -0.3 is 14.4 Å². The molecule has 1 aliphatic rings. The van der Waals surface area contributed by atoms with E-state index in [1.54, 1.807) is 0 Å². The van der Waals surface area contributed by atoms with Crippen molar-refractivity contribution < 1.29 is 19.4 Å². The fourth-order valence-electron chi connectivity index (χ4n) is 3.88. The molecule has 0 unspecified atom stereocenters. The van der Waals surface area contributed by atoms with E-state index in [2.05, 4.69) is 38.1 Å². The molecule has 5 heteroatoms. The predicted molar refractivity (Wildman–Crippen MR) is 126 cm³/mol. The Morgan fingerprint density at radius 2 is 1.78 bits per heavy atom. The van der Waals surface area contributed by atoms with E-state index in [4.69, 9.17) is 9.84 Å². The van der Waals surface area contributed by atoms with E-state index in [1.165, 1.54) is 5.56 Å². The molecule has 0 spiro atoms. The standard InChI is InChI=1S/C27H33NO4/c1-19(2)21-10-8-20(9-11-21)18-32-24-15-12-22(13-16-24)27(31)25-17-14-23(28(25)3)6-4-5-7-26(29)30/h8-12,14-15,17,19H,4-7,13,16,18H2,1-3H3,(H,29,30). The second kappa shape index (κ2) is 11.0. The molecule has 0 fully saturated rings. The first-order valence-electron chi connectivity index (χ1n) is 11.4. The molecule has 1 N–H and O–H groups in total. The number of carboxylic acids is 1. The van der Waals surface area contributed by atoms with Gasteiger partial charge in [0.2, 0.25) is 5.78 Å². The van der Waals surface area contributed by atoms with Crippen LogP contribution in [-0.2, 0) is 29.6 Å². The minimum Gasteiger partial charge on any atom is -0.493 e. The Bertz CT molecular complexity index is 1010. The number of Topliss-reactive ketones (excluding diaryl/α,β-unsaturated/α-hetero) is 1. The number of carbonyl (C=O) groups excluding carboxylic acids is 1. The largest absolute Gasteiger partial charge is 0.493 e. The number of aryl methyl sites for hydroxylation is 1. The lowest BCUT2D eigenvalue weighted by Crippen LogP contribution is -2.12. The third kappa shape index (κ3) is 6.22. The number of rotatable bonds is 11. The van der Waals surface area contributed by atoms with Crippen LogP contribution in [0.1, 0.15) is 79.2 Å². The van der Waals surface area contributed by atoms with Gasteiger partial charge in [0.15, 0.2) is 0 Å². The average molecular weight is 436 g/mol. The first-order chi connectivity index (χ1) is 15.3. The highest BCUT2D eigenvalue weighted by Crippen LogP contribution is 2.25. The molecule has 0 radical (unpaired) electrons. The number of carbonyl (C=O) groups is 2. The Hall–Kier alpha value is -3.08. The molecule has 1 aromatic carbocycles. The van der Waals surface area contributed by atoms with Crippen LogP contribution in [-0.4, -0.2) is 21.4 Å². The quantitative estimate of drug-likeness (QED) is 0.350. The lowest BCUT2D eigenvalue weighted by Gasteiger charge is -2.16. The zero-order valence-corrected chi connectivity index (χ0v) is 19.3. The van der Waals surface area contributed by atoms with Crippen molar-refractivity contribution in [2.45, 2.75) is 64.9 Å². The monoisotopic (exact) mass is 435 g/mol. The van der Waals surface area contributed by atoms with Crippen LogP contribution in [0, 0.1) is 0 Å². The van der Waals surface area contributed by atoms with Crippen molar-refractivity contribution in [1.29, 1.82) is 0 Å². The summed E-state index contributed by atoms with van der Waals surface area (Å²) >= 11 is 0. The highest BCUT2D eigenvalue weighted by molar-refractivity contribution is 6.08. The molecular formula is C27H33NO4. The van der Waals surface area contributed by atoms with Crippen molar-refractivity contribution in [2.24, 2.45) is 7.05 Å². The number of allylic oxidation sites excluding steroid dienone is 4. The highest BCUT2D eigenvalue weighted by atomic mass is 16.5. The van der Waals surface area contributed by atoms with Crippen molar-refractivity contribution >= 4 is 11.8 Å². The van der Waals surface area contributed by atoms with Crippen molar-refractivity contribution in [3.63, 3.8) is 0 Å². The second-order valence-corrected chi connectivity index (χ2v) is 8.71. The Morgan fingerprint density at radius 1 is 1.03 bits per heavy atom. The van der Waals surface area contributed by atoms with Crippen LogP contribution in [0.2, 0.25) is 0 Å². The fraction of sp³-hybridized carbons (Fsp3) is 0.407. The highest BCUT2D eigenvalue weighted by Gasteiger charge is 2.19. The van der Waals surface area contributed by atoms with E-state index in [-0.39, 0.29) is 12.2 Å². The van der Waals surface area contributed by atoms with E-state index >= 15 is 0 Å². The van der Waals surface area contributed by atoms with Crippen LogP contribution in [0.4, 0.5) is 0 Å². The normalized spacial score (nSPS) is 13.6. The summed E-state index contributed by atoms with van der Waals surface area (Å²) in [6, 6.07) is 12.3. The first-order valence-corrected chi connectivity index (χ1v) is 11.4. The zero-order valence-electron chi connectivity index (χ0n) is 19.3. The SMILES string of the molecule is CC(C)c1ccc(COC2=CC=C(C(=O)c3ccc(CCCCC(=O)O)n3C)CC2)cc1. The summed E-state index contributed by atoms with van der Waals surface area (Å²) < 4.78 is 7.89. The maximum Gasteiger partial charge on any atom is 0.303 e. The molecule has 32 heavy (non-hydrogen) atoms. The van der Waals surface area contributed by atoms with E-state index < -0.39 is 5.97 Å². The summed E-state index contributed by atoms with van der Waals surface area (Å²) in [7, 11) is 1.90. The van der Waals surface area contributed by atoms with Gasteiger partial charge in [-0.25, -0.2) is 0 Å². The topological polar surface area (TPSA) is 68.5 Å². The number of benzene rings is 1. The minimum atomic E-state index is -0.766. The van der Waals surface area contributed by atoms with Crippen molar-refractivity contribution in [3.05, 3.63) is 82.4 Å². The molecule has 0 saturated carbocycles.